The molecule has 0 N–H and O–H groups in total. The topological polar surface area (TPSA) is 45.7 Å². The number of rotatable bonds is 2. The molecule has 28 heavy (non-hydrogen) atoms. The van der Waals surface area contributed by atoms with Crippen LogP contribution in [0.3, 0.4) is 0 Å². The molecule has 0 radical (unpaired) electrons. The summed E-state index contributed by atoms with van der Waals surface area (Å²) in [5.74, 6) is -2.79. The Labute approximate surface area is 173 Å². The minimum Gasteiger partial charge on any atom is -0.444 e. The molecule has 2 aliphatic rings. The molecule has 1 aromatic heterocycles. The number of carbonyl (C=O) groups is 1. The Balaban J connectivity index is 1.59. The molecule has 0 saturated carbocycles. The highest BCUT2D eigenvalue weighted by Crippen LogP contribution is 2.51. The van der Waals surface area contributed by atoms with E-state index in [1.54, 1.807) is 36.8 Å². The number of carbonyl (C=O) groups excluding carboxylic acids is 1. The smallest absolute Gasteiger partial charge is 0.410 e. The lowest BCUT2D eigenvalue weighted by molar-refractivity contribution is -0.188. The van der Waals surface area contributed by atoms with Crippen LogP contribution in [0.15, 0.2) is 22.8 Å². The van der Waals surface area contributed by atoms with Gasteiger partial charge in [0, 0.05) is 35.7 Å². The molecule has 0 bridgehead atoms. The third-order valence-electron chi connectivity index (χ3n) is 5.65. The number of amides is 1. The fourth-order valence-corrected chi connectivity index (χ4v) is 4.24. The summed E-state index contributed by atoms with van der Waals surface area (Å²) in [5.41, 5.74) is -0.827. The largest absolute Gasteiger partial charge is 0.444 e. The fraction of sp³-hybridized carbons (Fsp3) is 0.700. The Bertz CT molecular complexity index is 698. The second-order valence-corrected chi connectivity index (χ2v) is 9.80. The summed E-state index contributed by atoms with van der Waals surface area (Å²) in [7, 11) is 0. The quantitative estimate of drug-likeness (QED) is 0.642. The predicted octanol–water partition coefficient (Wildman–Crippen LogP) is 4.70. The number of halogens is 3. The lowest BCUT2D eigenvalue weighted by Gasteiger charge is -2.51. The maximum absolute atomic E-state index is 15.2. The van der Waals surface area contributed by atoms with Gasteiger partial charge in [-0.25, -0.2) is 13.6 Å². The number of hydrogen-bond acceptors (Lipinski definition) is 4. The van der Waals surface area contributed by atoms with Gasteiger partial charge >= 0.3 is 6.09 Å². The average molecular weight is 460 g/mol. The normalized spacial score (nSPS) is 22.3. The molecule has 5 nitrogen and oxygen atoms in total. The van der Waals surface area contributed by atoms with Crippen LogP contribution in [0.1, 0.15) is 45.7 Å². The SMILES string of the molecule is CC(C)(C)OC(=O)N1CCC2(CCN(Cc3ccc(Br)cn3)CC2(F)F)CC1. The van der Waals surface area contributed by atoms with Gasteiger partial charge in [0.05, 0.1) is 12.2 Å². The summed E-state index contributed by atoms with van der Waals surface area (Å²) in [6.45, 7) is 6.82. The number of hydrogen-bond donors (Lipinski definition) is 0. The molecule has 2 saturated heterocycles. The van der Waals surface area contributed by atoms with Crippen molar-refractivity contribution in [1.29, 1.82) is 0 Å². The minimum atomic E-state index is -2.79. The lowest BCUT2D eigenvalue weighted by atomic mass is 9.68. The van der Waals surface area contributed by atoms with E-state index in [0.29, 0.717) is 45.4 Å². The average Bonchev–Trinajstić information content (AvgIpc) is 2.59. The molecule has 8 heteroatoms. The van der Waals surface area contributed by atoms with Gasteiger partial charge < -0.3 is 9.64 Å². The summed E-state index contributed by atoms with van der Waals surface area (Å²) < 4.78 is 36.6. The van der Waals surface area contributed by atoms with Crippen molar-refractivity contribution in [3.05, 3.63) is 28.5 Å². The van der Waals surface area contributed by atoms with Crippen LogP contribution in [0.2, 0.25) is 0 Å². The van der Waals surface area contributed by atoms with Gasteiger partial charge in [-0.3, -0.25) is 9.88 Å². The van der Waals surface area contributed by atoms with E-state index >= 15 is 8.78 Å². The van der Waals surface area contributed by atoms with Gasteiger partial charge in [-0.05, 0) is 74.6 Å². The van der Waals surface area contributed by atoms with E-state index in [0.717, 1.165) is 10.2 Å². The van der Waals surface area contributed by atoms with Crippen LogP contribution < -0.4 is 0 Å². The van der Waals surface area contributed by atoms with Crippen LogP contribution in [0.5, 0.6) is 0 Å². The minimum absolute atomic E-state index is 0.267. The zero-order chi connectivity index (χ0) is 20.6. The first-order valence-corrected chi connectivity index (χ1v) is 10.5. The van der Waals surface area contributed by atoms with Crippen LogP contribution in [-0.2, 0) is 11.3 Å². The summed E-state index contributed by atoms with van der Waals surface area (Å²) in [4.78, 5) is 19.9. The molecular formula is C20H28BrF2N3O2. The molecule has 1 spiro atoms. The maximum atomic E-state index is 15.2. The number of likely N-dealkylation sites (tertiary alicyclic amines) is 2. The molecule has 3 rings (SSSR count). The van der Waals surface area contributed by atoms with E-state index in [1.165, 1.54) is 0 Å². The first kappa shape index (κ1) is 21.4. The van der Waals surface area contributed by atoms with Crippen molar-refractivity contribution >= 4 is 22.0 Å². The highest BCUT2D eigenvalue weighted by Gasteiger charge is 2.57. The summed E-state index contributed by atoms with van der Waals surface area (Å²) >= 11 is 3.33. The van der Waals surface area contributed by atoms with E-state index in [9.17, 15) is 4.79 Å². The zero-order valence-electron chi connectivity index (χ0n) is 16.7. The van der Waals surface area contributed by atoms with E-state index in [-0.39, 0.29) is 6.54 Å². The molecule has 2 fully saturated rings. The first-order valence-electron chi connectivity index (χ1n) is 9.68. The van der Waals surface area contributed by atoms with Crippen molar-refractivity contribution in [2.24, 2.45) is 5.41 Å². The monoisotopic (exact) mass is 459 g/mol. The molecule has 1 amide bonds. The van der Waals surface area contributed by atoms with Gasteiger partial charge in [0.15, 0.2) is 0 Å². The summed E-state index contributed by atoms with van der Waals surface area (Å²) in [6.07, 6.45) is 2.32. The third-order valence-corrected chi connectivity index (χ3v) is 6.12. The molecule has 0 unspecified atom stereocenters. The molecule has 0 atom stereocenters. The van der Waals surface area contributed by atoms with Crippen LogP contribution in [0, 0.1) is 5.41 Å². The number of aromatic nitrogens is 1. The standard InChI is InChI=1S/C20H28BrF2N3O2/c1-18(2,3)28-17(27)26-10-7-19(8-11-26)6-9-25(14-20(19,22)23)13-16-5-4-15(21)12-24-16/h4-5,12H,6-11,13-14H2,1-3H3. The van der Waals surface area contributed by atoms with Crippen molar-refractivity contribution in [1.82, 2.24) is 14.8 Å². The van der Waals surface area contributed by atoms with Gasteiger partial charge in [-0.2, -0.15) is 0 Å². The van der Waals surface area contributed by atoms with Crippen molar-refractivity contribution < 1.29 is 18.3 Å². The van der Waals surface area contributed by atoms with Gasteiger partial charge in [0.2, 0.25) is 0 Å². The Hall–Kier alpha value is -1.28. The van der Waals surface area contributed by atoms with Crippen molar-refractivity contribution in [3.63, 3.8) is 0 Å². The summed E-state index contributed by atoms with van der Waals surface area (Å²) in [5, 5.41) is 0. The van der Waals surface area contributed by atoms with Crippen LogP contribution >= 0.6 is 15.9 Å². The van der Waals surface area contributed by atoms with E-state index < -0.39 is 23.0 Å². The zero-order valence-corrected chi connectivity index (χ0v) is 18.3. The fourth-order valence-electron chi connectivity index (χ4n) is 4.01. The Kier molecular flexibility index (Phi) is 6.01. The van der Waals surface area contributed by atoms with Crippen molar-refractivity contribution in [2.45, 2.75) is 58.1 Å². The Morgan fingerprint density at radius 1 is 1.21 bits per heavy atom. The second kappa shape index (κ2) is 7.86. The summed E-state index contributed by atoms with van der Waals surface area (Å²) in [6, 6.07) is 3.73. The molecule has 3 heterocycles. The van der Waals surface area contributed by atoms with Gasteiger partial charge in [0.25, 0.3) is 5.92 Å². The first-order chi connectivity index (χ1) is 13.0. The van der Waals surface area contributed by atoms with Gasteiger partial charge in [-0.15, -0.1) is 0 Å². The highest BCUT2D eigenvalue weighted by atomic mass is 79.9. The molecule has 1 aromatic rings. The maximum Gasteiger partial charge on any atom is 0.410 e. The molecule has 156 valence electrons. The molecule has 0 aliphatic carbocycles. The van der Waals surface area contributed by atoms with Gasteiger partial charge in [-0.1, -0.05) is 0 Å². The Morgan fingerprint density at radius 2 is 1.86 bits per heavy atom. The molecule has 2 aliphatic heterocycles. The number of nitrogens with zero attached hydrogens (tertiary/aromatic N) is 3. The van der Waals surface area contributed by atoms with Crippen molar-refractivity contribution in [2.75, 3.05) is 26.2 Å². The van der Waals surface area contributed by atoms with Crippen molar-refractivity contribution in [3.8, 4) is 0 Å². The van der Waals surface area contributed by atoms with E-state index in [1.807, 2.05) is 12.1 Å². The van der Waals surface area contributed by atoms with Gasteiger partial charge in [0.1, 0.15) is 5.60 Å². The predicted molar refractivity (Wildman–Crippen MR) is 106 cm³/mol. The Morgan fingerprint density at radius 3 is 2.39 bits per heavy atom. The van der Waals surface area contributed by atoms with Crippen LogP contribution in [-0.4, -0.2) is 58.6 Å². The number of piperidine rings is 2. The third kappa shape index (κ3) is 4.82. The highest BCUT2D eigenvalue weighted by molar-refractivity contribution is 9.10. The van der Waals surface area contributed by atoms with Crippen LogP contribution in [0.4, 0.5) is 13.6 Å². The molecular weight excluding hydrogens is 432 g/mol. The van der Waals surface area contributed by atoms with E-state index in [2.05, 4.69) is 20.9 Å². The van der Waals surface area contributed by atoms with E-state index in [4.69, 9.17) is 4.74 Å². The second-order valence-electron chi connectivity index (χ2n) is 8.88. The number of alkyl halides is 2. The lowest BCUT2D eigenvalue weighted by Crippen LogP contribution is -2.59. The molecule has 0 aromatic carbocycles. The number of ether oxygens (including phenoxy) is 1. The van der Waals surface area contributed by atoms with Crippen LogP contribution in [0.25, 0.3) is 0 Å². The number of pyridine rings is 1.